The van der Waals surface area contributed by atoms with Crippen molar-refractivity contribution in [3.8, 4) is 0 Å². The van der Waals surface area contributed by atoms with Crippen LogP contribution in [0.25, 0.3) is 0 Å². The Hall–Kier alpha value is -0.780. The van der Waals surface area contributed by atoms with Crippen LogP contribution in [-0.4, -0.2) is 0 Å². The molecule has 0 unspecified atom stereocenters. The molecule has 0 nitrogen and oxygen atoms in total. The number of hydrogen-bond donors (Lipinski definition) is 0. The molecule has 14 heavy (non-hydrogen) atoms. The van der Waals surface area contributed by atoms with E-state index in [9.17, 15) is 0 Å². The normalized spacial score (nSPS) is 10.9. The Balaban J connectivity index is 2.59. The molecule has 0 heterocycles. The Morgan fingerprint density at radius 3 is 2.57 bits per heavy atom. The molecule has 0 aliphatic carbocycles. The SMILES string of the molecule is CCCCc1[c]c(CC(C)C)ccc1. The summed E-state index contributed by atoms with van der Waals surface area (Å²) in [6, 6.07) is 10.1. The van der Waals surface area contributed by atoms with Crippen LogP contribution in [-0.2, 0) is 12.8 Å². The number of aryl methyl sites for hydroxylation is 1. The third kappa shape index (κ3) is 3.95. The van der Waals surface area contributed by atoms with E-state index in [-0.39, 0.29) is 0 Å². The van der Waals surface area contributed by atoms with Gasteiger partial charge >= 0.3 is 0 Å². The fraction of sp³-hybridized carbons (Fsp3) is 0.571. The zero-order valence-electron chi connectivity index (χ0n) is 9.64. The summed E-state index contributed by atoms with van der Waals surface area (Å²) in [6.45, 7) is 6.75. The molecule has 0 saturated carbocycles. The van der Waals surface area contributed by atoms with Crippen LogP contribution in [0, 0.1) is 12.0 Å². The first kappa shape index (κ1) is 11.3. The lowest BCUT2D eigenvalue weighted by Crippen LogP contribution is -1.95. The fourth-order valence-electron chi connectivity index (χ4n) is 1.64. The first-order valence-corrected chi connectivity index (χ1v) is 5.72. The van der Waals surface area contributed by atoms with E-state index in [1.54, 1.807) is 0 Å². The predicted octanol–water partition coefficient (Wildman–Crippen LogP) is 4.03. The number of benzene rings is 1. The molecule has 0 heteroatoms. The lowest BCUT2D eigenvalue weighted by molar-refractivity contribution is 0.645. The summed E-state index contributed by atoms with van der Waals surface area (Å²) in [5.74, 6) is 0.729. The van der Waals surface area contributed by atoms with Crippen LogP contribution in [0.2, 0.25) is 0 Å². The summed E-state index contributed by atoms with van der Waals surface area (Å²) in [6.07, 6.45) is 4.88. The van der Waals surface area contributed by atoms with Crippen LogP contribution in [0.3, 0.4) is 0 Å². The molecule has 0 aliphatic heterocycles. The van der Waals surface area contributed by atoms with E-state index in [4.69, 9.17) is 0 Å². The van der Waals surface area contributed by atoms with Crippen molar-refractivity contribution >= 4 is 0 Å². The molecule has 1 rings (SSSR count). The maximum atomic E-state index is 3.51. The highest BCUT2D eigenvalue weighted by Gasteiger charge is 1.99. The highest BCUT2D eigenvalue weighted by molar-refractivity contribution is 5.22. The largest absolute Gasteiger partial charge is 0.0654 e. The second-order valence-corrected chi connectivity index (χ2v) is 4.40. The second kappa shape index (κ2) is 5.85. The van der Waals surface area contributed by atoms with E-state index in [0.29, 0.717) is 0 Å². The molecule has 0 spiro atoms. The summed E-state index contributed by atoms with van der Waals surface area (Å²) in [7, 11) is 0. The van der Waals surface area contributed by atoms with Gasteiger partial charge in [0.25, 0.3) is 0 Å². The lowest BCUT2D eigenvalue weighted by Gasteiger charge is -2.06. The van der Waals surface area contributed by atoms with Crippen LogP contribution < -0.4 is 0 Å². The fourth-order valence-corrected chi connectivity index (χ4v) is 1.64. The number of unbranched alkanes of at least 4 members (excludes halogenated alkanes) is 1. The first-order chi connectivity index (χ1) is 6.72. The van der Waals surface area contributed by atoms with Crippen molar-refractivity contribution < 1.29 is 0 Å². The van der Waals surface area contributed by atoms with Crippen molar-refractivity contribution in [1.29, 1.82) is 0 Å². The van der Waals surface area contributed by atoms with Crippen LogP contribution in [0.4, 0.5) is 0 Å². The number of rotatable bonds is 5. The van der Waals surface area contributed by atoms with Crippen LogP contribution in [0.1, 0.15) is 44.7 Å². The van der Waals surface area contributed by atoms with Gasteiger partial charge in [0, 0.05) is 0 Å². The van der Waals surface area contributed by atoms with E-state index in [1.165, 1.54) is 30.4 Å². The molecule has 0 amide bonds. The molecule has 0 aliphatic rings. The molecule has 0 N–H and O–H groups in total. The monoisotopic (exact) mass is 189 g/mol. The molecule has 0 saturated heterocycles. The Labute approximate surface area is 88.4 Å². The molecular formula is C14H21. The van der Waals surface area contributed by atoms with E-state index in [2.05, 4.69) is 45.0 Å². The van der Waals surface area contributed by atoms with Gasteiger partial charge < -0.3 is 0 Å². The molecule has 0 fully saturated rings. The standard InChI is InChI=1S/C14H21/c1-4-5-7-13-8-6-9-14(11-13)10-12(2)3/h6,8-9,12H,4-5,7,10H2,1-3H3. The van der Waals surface area contributed by atoms with Crippen molar-refractivity contribution in [3.05, 3.63) is 35.4 Å². The summed E-state index contributed by atoms with van der Waals surface area (Å²) in [5, 5.41) is 0. The lowest BCUT2D eigenvalue weighted by atomic mass is 9.99. The van der Waals surface area contributed by atoms with E-state index in [0.717, 1.165) is 12.3 Å². The summed E-state index contributed by atoms with van der Waals surface area (Å²) in [5.41, 5.74) is 2.75. The minimum atomic E-state index is 0.729. The van der Waals surface area contributed by atoms with Crippen molar-refractivity contribution in [3.63, 3.8) is 0 Å². The molecule has 77 valence electrons. The average molecular weight is 189 g/mol. The van der Waals surface area contributed by atoms with Gasteiger partial charge in [-0.1, -0.05) is 45.4 Å². The van der Waals surface area contributed by atoms with Gasteiger partial charge in [0.15, 0.2) is 0 Å². The van der Waals surface area contributed by atoms with Gasteiger partial charge in [0.2, 0.25) is 0 Å². The van der Waals surface area contributed by atoms with Gasteiger partial charge in [0.05, 0.1) is 0 Å². The second-order valence-electron chi connectivity index (χ2n) is 4.40. The molecule has 0 bridgehead atoms. The minimum Gasteiger partial charge on any atom is -0.0654 e. The quantitative estimate of drug-likeness (QED) is 0.656. The summed E-state index contributed by atoms with van der Waals surface area (Å²) < 4.78 is 0. The van der Waals surface area contributed by atoms with Crippen molar-refractivity contribution in [2.75, 3.05) is 0 Å². The maximum Gasteiger partial charge on any atom is -0.0114 e. The predicted molar refractivity (Wildman–Crippen MR) is 62.4 cm³/mol. The van der Waals surface area contributed by atoms with Crippen LogP contribution in [0.15, 0.2) is 18.2 Å². The Kier molecular flexibility index (Phi) is 4.72. The van der Waals surface area contributed by atoms with Gasteiger partial charge in [-0.25, -0.2) is 0 Å². The zero-order chi connectivity index (χ0) is 10.4. The highest BCUT2D eigenvalue weighted by Crippen LogP contribution is 2.11. The zero-order valence-corrected chi connectivity index (χ0v) is 9.64. The molecular weight excluding hydrogens is 168 g/mol. The smallest absolute Gasteiger partial charge is 0.0114 e. The van der Waals surface area contributed by atoms with E-state index < -0.39 is 0 Å². The van der Waals surface area contributed by atoms with Gasteiger partial charge in [-0.3, -0.25) is 0 Å². The summed E-state index contributed by atoms with van der Waals surface area (Å²) in [4.78, 5) is 0. The molecule has 0 aromatic heterocycles. The van der Waals surface area contributed by atoms with Gasteiger partial charge in [-0.2, -0.15) is 0 Å². The Morgan fingerprint density at radius 2 is 1.93 bits per heavy atom. The maximum absolute atomic E-state index is 3.51. The minimum absolute atomic E-state index is 0.729. The topological polar surface area (TPSA) is 0 Å². The molecule has 0 atom stereocenters. The Bertz CT molecular complexity index is 260. The first-order valence-electron chi connectivity index (χ1n) is 5.72. The van der Waals surface area contributed by atoms with Gasteiger partial charge in [-0.05, 0) is 42.4 Å². The van der Waals surface area contributed by atoms with Crippen LogP contribution in [0.5, 0.6) is 0 Å². The van der Waals surface area contributed by atoms with Crippen molar-refractivity contribution in [2.24, 2.45) is 5.92 Å². The highest BCUT2D eigenvalue weighted by atomic mass is 14.0. The van der Waals surface area contributed by atoms with E-state index in [1.807, 2.05) is 0 Å². The third-order valence-electron chi connectivity index (χ3n) is 2.34. The van der Waals surface area contributed by atoms with Crippen molar-refractivity contribution in [1.82, 2.24) is 0 Å². The molecule has 1 radical (unpaired) electrons. The van der Waals surface area contributed by atoms with E-state index >= 15 is 0 Å². The molecule has 1 aromatic rings. The van der Waals surface area contributed by atoms with Gasteiger partial charge in [-0.15, -0.1) is 0 Å². The molecule has 1 aromatic carbocycles. The van der Waals surface area contributed by atoms with Crippen LogP contribution >= 0.6 is 0 Å². The third-order valence-corrected chi connectivity index (χ3v) is 2.34. The number of hydrogen-bond acceptors (Lipinski definition) is 0. The van der Waals surface area contributed by atoms with Crippen molar-refractivity contribution in [2.45, 2.75) is 46.5 Å². The Morgan fingerprint density at radius 1 is 1.21 bits per heavy atom. The average Bonchev–Trinajstić information content (AvgIpc) is 2.14. The summed E-state index contributed by atoms with van der Waals surface area (Å²) >= 11 is 0. The van der Waals surface area contributed by atoms with Gasteiger partial charge in [0.1, 0.15) is 0 Å².